The largest absolute Gasteiger partial charge is 0.490 e. The maximum atomic E-state index is 13.4. The van der Waals surface area contributed by atoms with E-state index in [2.05, 4.69) is 39.6 Å². The third kappa shape index (κ3) is 4.81. The number of nitrogens with one attached hydrogen (secondary N) is 2. The van der Waals surface area contributed by atoms with E-state index in [9.17, 15) is 4.79 Å². The van der Waals surface area contributed by atoms with Gasteiger partial charge in [0.2, 0.25) is 0 Å². The van der Waals surface area contributed by atoms with Crippen molar-refractivity contribution in [2.45, 2.75) is 62.8 Å². The maximum absolute atomic E-state index is 13.4. The van der Waals surface area contributed by atoms with Gasteiger partial charge in [0.25, 0.3) is 5.91 Å². The molecule has 3 aliphatic rings. The Morgan fingerprint density at radius 2 is 1.77 bits per heavy atom. The van der Waals surface area contributed by atoms with Crippen molar-refractivity contribution in [1.29, 1.82) is 0 Å². The zero-order chi connectivity index (χ0) is 26.5. The van der Waals surface area contributed by atoms with Crippen LogP contribution in [0.25, 0.3) is 22.2 Å². The summed E-state index contributed by atoms with van der Waals surface area (Å²) in [6, 6.07) is 22.9. The van der Waals surface area contributed by atoms with Gasteiger partial charge in [-0.05, 0) is 106 Å². The number of hydrogen-bond acceptors (Lipinski definition) is 4. The van der Waals surface area contributed by atoms with Crippen molar-refractivity contribution in [3.05, 3.63) is 82.9 Å². The van der Waals surface area contributed by atoms with Gasteiger partial charge in [0.15, 0.2) is 0 Å². The Balaban J connectivity index is 1.09. The molecule has 6 nitrogen and oxygen atoms in total. The van der Waals surface area contributed by atoms with Gasteiger partial charge in [0, 0.05) is 33.6 Å². The number of fused-ring (bicyclic) bond motifs is 3. The normalized spacial score (nSPS) is 23.6. The fraction of sp³-hybridized carbons (Fsp3) is 0.375. The second-order valence-electron chi connectivity index (χ2n) is 11.4. The minimum Gasteiger partial charge on any atom is -0.490 e. The number of amides is 1. The van der Waals surface area contributed by atoms with Crippen LogP contribution in [-0.2, 0) is 0 Å². The molecule has 1 aromatic heterocycles. The van der Waals surface area contributed by atoms with E-state index < -0.39 is 0 Å². The number of aromatic nitrogens is 2. The molecule has 2 saturated heterocycles. The third-order valence-electron chi connectivity index (χ3n) is 8.93. The van der Waals surface area contributed by atoms with E-state index in [4.69, 9.17) is 16.3 Å². The highest BCUT2D eigenvalue weighted by molar-refractivity contribution is 6.31. The number of nitrogens with zero attached hydrogens (tertiary/aromatic N) is 2. The summed E-state index contributed by atoms with van der Waals surface area (Å²) in [6.45, 7) is 0. The molecule has 1 saturated carbocycles. The fourth-order valence-corrected chi connectivity index (χ4v) is 6.80. The van der Waals surface area contributed by atoms with Crippen molar-refractivity contribution in [3.63, 3.8) is 0 Å². The predicted molar refractivity (Wildman–Crippen MR) is 154 cm³/mol. The minimum absolute atomic E-state index is 0.0852. The Morgan fingerprint density at radius 1 is 1.03 bits per heavy atom. The average molecular weight is 541 g/mol. The lowest BCUT2D eigenvalue weighted by Crippen LogP contribution is -2.43. The van der Waals surface area contributed by atoms with Crippen molar-refractivity contribution >= 4 is 28.4 Å². The molecule has 2 aliphatic heterocycles. The van der Waals surface area contributed by atoms with Crippen LogP contribution in [-0.4, -0.2) is 46.2 Å². The molecule has 3 unspecified atom stereocenters. The second kappa shape index (κ2) is 10.00. The molecule has 3 fully saturated rings. The highest BCUT2D eigenvalue weighted by Crippen LogP contribution is 2.43. The zero-order valence-corrected chi connectivity index (χ0v) is 22.8. The van der Waals surface area contributed by atoms with Crippen molar-refractivity contribution in [3.8, 4) is 17.0 Å². The molecule has 3 aromatic carbocycles. The monoisotopic (exact) mass is 540 g/mol. The van der Waals surface area contributed by atoms with Gasteiger partial charge in [-0.1, -0.05) is 29.8 Å². The number of carbonyl (C=O) groups excluding carboxylic acids is 1. The number of piperidine rings is 1. The highest BCUT2D eigenvalue weighted by atomic mass is 35.5. The first-order valence-corrected chi connectivity index (χ1v) is 14.4. The molecule has 39 heavy (non-hydrogen) atoms. The minimum atomic E-state index is -0.100. The molecular formula is C32H33ClN4O2. The van der Waals surface area contributed by atoms with Gasteiger partial charge in [0.1, 0.15) is 11.9 Å². The van der Waals surface area contributed by atoms with Crippen LogP contribution in [0.3, 0.4) is 0 Å². The molecule has 200 valence electrons. The van der Waals surface area contributed by atoms with Crippen LogP contribution in [0.1, 0.15) is 60.5 Å². The number of benzene rings is 3. The van der Waals surface area contributed by atoms with Gasteiger partial charge in [-0.15, -0.1) is 0 Å². The van der Waals surface area contributed by atoms with Crippen LogP contribution in [0.5, 0.6) is 5.75 Å². The summed E-state index contributed by atoms with van der Waals surface area (Å²) in [4.78, 5) is 15.9. The van der Waals surface area contributed by atoms with E-state index in [1.54, 1.807) is 0 Å². The molecular weight excluding hydrogens is 508 g/mol. The molecule has 3 atom stereocenters. The SMILES string of the molecule is CN1C2CCC1CC(Oc1ccc(-c3n[nH]c4ccc(C(=O)NC(c5ccccc5Cl)C5CC5)cc34)cc1)C2. The van der Waals surface area contributed by atoms with E-state index in [0.29, 0.717) is 28.6 Å². The summed E-state index contributed by atoms with van der Waals surface area (Å²) in [5.74, 6) is 1.22. The summed E-state index contributed by atoms with van der Waals surface area (Å²) in [6.07, 6.45) is 7.24. The lowest BCUT2D eigenvalue weighted by atomic mass is 10.0. The molecule has 0 radical (unpaired) electrons. The van der Waals surface area contributed by atoms with Gasteiger partial charge in [-0.3, -0.25) is 9.89 Å². The first-order chi connectivity index (χ1) is 19.0. The average Bonchev–Trinajstić information content (AvgIpc) is 3.67. The number of H-pyrrole nitrogens is 1. The first-order valence-electron chi connectivity index (χ1n) is 14.1. The molecule has 3 heterocycles. The summed E-state index contributed by atoms with van der Waals surface area (Å²) in [5, 5.41) is 12.6. The van der Waals surface area contributed by atoms with E-state index in [0.717, 1.165) is 59.2 Å². The molecule has 2 bridgehead atoms. The Bertz CT molecular complexity index is 1500. The van der Waals surface area contributed by atoms with Gasteiger partial charge in [0.05, 0.1) is 17.3 Å². The van der Waals surface area contributed by atoms with Gasteiger partial charge in [-0.2, -0.15) is 5.10 Å². The predicted octanol–water partition coefficient (Wildman–Crippen LogP) is 6.77. The first kappa shape index (κ1) is 24.7. The van der Waals surface area contributed by atoms with Gasteiger partial charge >= 0.3 is 0 Å². The summed E-state index contributed by atoms with van der Waals surface area (Å²) in [7, 11) is 2.25. The molecule has 1 amide bonds. The van der Waals surface area contributed by atoms with Crippen LogP contribution in [0, 0.1) is 5.92 Å². The lowest BCUT2D eigenvalue weighted by Gasteiger charge is -2.36. The van der Waals surface area contributed by atoms with Crippen molar-refractivity contribution in [2.24, 2.45) is 5.92 Å². The van der Waals surface area contributed by atoms with Gasteiger partial charge in [-0.25, -0.2) is 0 Å². The van der Waals surface area contributed by atoms with E-state index in [1.807, 2.05) is 54.6 Å². The number of halogens is 1. The molecule has 4 aromatic rings. The Morgan fingerprint density at radius 3 is 2.49 bits per heavy atom. The smallest absolute Gasteiger partial charge is 0.251 e. The number of hydrogen-bond donors (Lipinski definition) is 2. The third-order valence-corrected chi connectivity index (χ3v) is 9.28. The number of rotatable bonds is 7. The topological polar surface area (TPSA) is 70.2 Å². The van der Waals surface area contributed by atoms with E-state index in [-0.39, 0.29) is 18.1 Å². The Labute approximate surface area is 233 Å². The van der Waals surface area contributed by atoms with Gasteiger partial charge < -0.3 is 15.0 Å². The zero-order valence-electron chi connectivity index (χ0n) is 22.1. The Kier molecular flexibility index (Phi) is 6.32. The van der Waals surface area contributed by atoms with Crippen LogP contribution in [0.2, 0.25) is 5.02 Å². The maximum Gasteiger partial charge on any atom is 0.251 e. The van der Waals surface area contributed by atoms with E-state index >= 15 is 0 Å². The van der Waals surface area contributed by atoms with Crippen molar-refractivity contribution < 1.29 is 9.53 Å². The van der Waals surface area contributed by atoms with Crippen molar-refractivity contribution in [2.75, 3.05) is 7.05 Å². The van der Waals surface area contributed by atoms with Crippen LogP contribution < -0.4 is 10.1 Å². The van der Waals surface area contributed by atoms with E-state index in [1.165, 1.54) is 12.8 Å². The quantitative estimate of drug-likeness (QED) is 0.271. The number of aromatic amines is 1. The molecule has 7 heteroatoms. The fourth-order valence-electron chi connectivity index (χ4n) is 6.55. The van der Waals surface area contributed by atoms with Crippen LogP contribution in [0.15, 0.2) is 66.7 Å². The van der Waals surface area contributed by atoms with Crippen molar-refractivity contribution in [1.82, 2.24) is 20.4 Å². The molecule has 0 spiro atoms. The molecule has 7 rings (SSSR count). The summed E-state index contributed by atoms with van der Waals surface area (Å²) < 4.78 is 6.38. The molecule has 1 aliphatic carbocycles. The van der Waals surface area contributed by atoms with Crippen LogP contribution in [0.4, 0.5) is 0 Å². The number of carbonyl (C=O) groups is 1. The second-order valence-corrected chi connectivity index (χ2v) is 11.8. The lowest BCUT2D eigenvalue weighted by molar-refractivity contribution is 0.0662. The Hall–Kier alpha value is -3.35. The molecule has 2 N–H and O–H groups in total. The summed E-state index contributed by atoms with van der Waals surface area (Å²) >= 11 is 6.48. The summed E-state index contributed by atoms with van der Waals surface area (Å²) in [5.41, 5.74) is 4.30. The standard InChI is InChI=1S/C32H33ClN4O2/c1-37-22-11-12-23(37)18-25(17-22)39-24-13-8-20(9-14-24)31-27-16-21(10-15-29(27)35-36-31)32(38)34-30(19-6-7-19)26-4-2-3-5-28(26)33/h2-5,8-10,13-16,19,22-23,25,30H,6-7,11-12,17-18H2,1H3,(H,34,38)(H,35,36). The highest BCUT2D eigenvalue weighted by Gasteiger charge is 2.39. The number of ether oxygens (including phenoxy) is 1. The van der Waals surface area contributed by atoms with Crippen LogP contribution >= 0.6 is 11.6 Å².